The summed E-state index contributed by atoms with van der Waals surface area (Å²) in [7, 11) is 0. The van der Waals surface area contributed by atoms with Crippen molar-refractivity contribution < 1.29 is 4.79 Å². The molecule has 2 aliphatic rings. The fourth-order valence-electron chi connectivity index (χ4n) is 4.44. The lowest BCUT2D eigenvalue weighted by atomic mass is 9.89. The molecule has 0 aromatic carbocycles. The number of carbonyl (C=O) groups is 1. The summed E-state index contributed by atoms with van der Waals surface area (Å²) in [5.74, 6) is 1.09. The Balaban J connectivity index is 1.59. The van der Waals surface area contributed by atoms with Gasteiger partial charge in [-0.25, -0.2) is 0 Å². The monoisotopic (exact) mass is 346 g/mol. The highest BCUT2D eigenvalue weighted by Crippen LogP contribution is 2.25. The van der Waals surface area contributed by atoms with Crippen molar-refractivity contribution in [3.05, 3.63) is 17.0 Å². The van der Waals surface area contributed by atoms with E-state index >= 15 is 0 Å². The molecule has 0 radical (unpaired) electrons. The van der Waals surface area contributed by atoms with E-state index in [1.807, 2.05) is 0 Å². The number of rotatable bonds is 5. The van der Waals surface area contributed by atoms with E-state index < -0.39 is 0 Å². The van der Waals surface area contributed by atoms with Crippen LogP contribution in [0.25, 0.3) is 0 Å². The van der Waals surface area contributed by atoms with Crippen LogP contribution in [0, 0.1) is 19.8 Å². The Morgan fingerprint density at radius 2 is 1.84 bits per heavy atom. The quantitative estimate of drug-likeness (QED) is 0.822. The Morgan fingerprint density at radius 1 is 1.08 bits per heavy atom. The normalized spacial score (nSPS) is 20.9. The minimum absolute atomic E-state index is 0.353. The van der Waals surface area contributed by atoms with Gasteiger partial charge < -0.3 is 4.90 Å². The second kappa shape index (κ2) is 8.35. The van der Waals surface area contributed by atoms with Gasteiger partial charge in [0.2, 0.25) is 5.91 Å². The van der Waals surface area contributed by atoms with E-state index in [0.717, 1.165) is 50.9 Å². The minimum Gasteiger partial charge on any atom is -0.341 e. The van der Waals surface area contributed by atoms with Crippen LogP contribution in [0.15, 0.2) is 0 Å². The fourth-order valence-corrected chi connectivity index (χ4v) is 4.44. The predicted octanol–water partition coefficient (Wildman–Crippen LogP) is 3.13. The smallest absolute Gasteiger partial charge is 0.223 e. The molecule has 1 aliphatic carbocycles. The van der Waals surface area contributed by atoms with Crippen LogP contribution in [0.1, 0.15) is 62.4 Å². The van der Waals surface area contributed by atoms with E-state index in [4.69, 9.17) is 0 Å². The summed E-state index contributed by atoms with van der Waals surface area (Å²) in [5.41, 5.74) is 3.75. The van der Waals surface area contributed by atoms with E-state index in [1.54, 1.807) is 0 Å². The van der Waals surface area contributed by atoms with Gasteiger partial charge in [-0.1, -0.05) is 19.3 Å². The SMILES string of the molecule is CCn1nc(C)c(CN2CCC(=O)N(CC3CCCCC3)CC2)c1C. The van der Waals surface area contributed by atoms with Crippen molar-refractivity contribution in [1.82, 2.24) is 19.6 Å². The van der Waals surface area contributed by atoms with Gasteiger partial charge >= 0.3 is 0 Å². The summed E-state index contributed by atoms with van der Waals surface area (Å²) in [6.07, 6.45) is 7.34. The number of aryl methyl sites for hydroxylation is 2. The van der Waals surface area contributed by atoms with E-state index in [-0.39, 0.29) is 0 Å². The summed E-state index contributed by atoms with van der Waals surface area (Å²) in [4.78, 5) is 17.1. The van der Waals surface area contributed by atoms with E-state index in [0.29, 0.717) is 12.3 Å². The van der Waals surface area contributed by atoms with Crippen LogP contribution in [0.2, 0.25) is 0 Å². The van der Waals surface area contributed by atoms with Crippen LogP contribution in [-0.4, -0.2) is 51.7 Å². The molecule has 25 heavy (non-hydrogen) atoms. The average Bonchev–Trinajstić information content (AvgIpc) is 2.78. The van der Waals surface area contributed by atoms with Gasteiger partial charge in [0, 0.05) is 56.9 Å². The maximum atomic E-state index is 12.6. The number of carbonyl (C=O) groups excluding carboxylic acids is 1. The Hall–Kier alpha value is -1.36. The Kier molecular flexibility index (Phi) is 6.15. The first-order valence-corrected chi connectivity index (χ1v) is 10.1. The molecule has 0 N–H and O–H groups in total. The second-order valence-electron chi connectivity index (χ2n) is 7.84. The first kappa shape index (κ1) is 18.4. The lowest BCUT2D eigenvalue weighted by Gasteiger charge is -2.29. The highest BCUT2D eigenvalue weighted by Gasteiger charge is 2.25. The van der Waals surface area contributed by atoms with Crippen LogP contribution in [0.5, 0.6) is 0 Å². The summed E-state index contributed by atoms with van der Waals surface area (Å²) in [6.45, 7) is 12.0. The highest BCUT2D eigenvalue weighted by atomic mass is 16.2. The molecule has 0 spiro atoms. The summed E-state index contributed by atoms with van der Waals surface area (Å²) >= 11 is 0. The average molecular weight is 347 g/mol. The minimum atomic E-state index is 0.353. The number of nitrogens with zero attached hydrogens (tertiary/aromatic N) is 4. The molecule has 1 saturated heterocycles. The first-order chi connectivity index (χ1) is 12.1. The number of hydrogen-bond acceptors (Lipinski definition) is 3. The summed E-state index contributed by atoms with van der Waals surface area (Å²) in [6, 6.07) is 0. The number of amides is 1. The van der Waals surface area contributed by atoms with Gasteiger partial charge in [0.25, 0.3) is 0 Å². The molecule has 0 atom stereocenters. The van der Waals surface area contributed by atoms with E-state index in [2.05, 4.69) is 40.4 Å². The van der Waals surface area contributed by atoms with Gasteiger partial charge in [-0.15, -0.1) is 0 Å². The molecule has 140 valence electrons. The van der Waals surface area contributed by atoms with Crippen LogP contribution in [-0.2, 0) is 17.9 Å². The molecule has 0 unspecified atom stereocenters. The molecule has 5 nitrogen and oxygen atoms in total. The van der Waals surface area contributed by atoms with Crippen molar-refractivity contribution in [2.75, 3.05) is 26.2 Å². The predicted molar refractivity (Wildman–Crippen MR) is 100 cm³/mol. The summed E-state index contributed by atoms with van der Waals surface area (Å²) < 4.78 is 2.09. The largest absolute Gasteiger partial charge is 0.341 e. The van der Waals surface area contributed by atoms with Gasteiger partial charge in [0.1, 0.15) is 0 Å². The molecular weight excluding hydrogens is 312 g/mol. The van der Waals surface area contributed by atoms with E-state index in [1.165, 1.54) is 43.4 Å². The standard InChI is InChI=1S/C20H34N4O/c1-4-24-17(3)19(16(2)21-24)15-22-11-10-20(25)23(13-12-22)14-18-8-6-5-7-9-18/h18H,4-15H2,1-3H3. The molecule has 1 saturated carbocycles. The zero-order valence-electron chi connectivity index (χ0n) is 16.3. The van der Waals surface area contributed by atoms with Crippen LogP contribution in [0.3, 0.4) is 0 Å². The maximum absolute atomic E-state index is 12.6. The van der Waals surface area contributed by atoms with Crippen molar-refractivity contribution in [1.29, 1.82) is 0 Å². The Labute approximate surface area is 152 Å². The second-order valence-corrected chi connectivity index (χ2v) is 7.84. The molecule has 1 aromatic heterocycles. The van der Waals surface area contributed by atoms with Gasteiger partial charge in [-0.2, -0.15) is 5.10 Å². The Bertz CT molecular complexity index is 589. The van der Waals surface area contributed by atoms with Crippen molar-refractivity contribution >= 4 is 5.91 Å². The van der Waals surface area contributed by atoms with Crippen molar-refractivity contribution in [3.8, 4) is 0 Å². The van der Waals surface area contributed by atoms with Gasteiger partial charge in [-0.05, 0) is 39.5 Å². The fraction of sp³-hybridized carbons (Fsp3) is 0.800. The molecule has 2 heterocycles. The molecule has 1 amide bonds. The third-order valence-electron chi connectivity index (χ3n) is 6.10. The zero-order chi connectivity index (χ0) is 17.8. The van der Waals surface area contributed by atoms with Crippen molar-refractivity contribution in [2.45, 2.75) is 72.4 Å². The topological polar surface area (TPSA) is 41.4 Å². The Morgan fingerprint density at radius 3 is 2.52 bits per heavy atom. The van der Waals surface area contributed by atoms with Gasteiger partial charge in [0.15, 0.2) is 0 Å². The van der Waals surface area contributed by atoms with Gasteiger partial charge in [-0.3, -0.25) is 14.4 Å². The van der Waals surface area contributed by atoms with Crippen molar-refractivity contribution in [2.24, 2.45) is 5.92 Å². The van der Waals surface area contributed by atoms with Gasteiger partial charge in [0.05, 0.1) is 5.69 Å². The molecule has 5 heteroatoms. The van der Waals surface area contributed by atoms with E-state index in [9.17, 15) is 4.79 Å². The zero-order valence-corrected chi connectivity index (χ0v) is 16.3. The van der Waals surface area contributed by atoms with Crippen molar-refractivity contribution in [3.63, 3.8) is 0 Å². The highest BCUT2D eigenvalue weighted by molar-refractivity contribution is 5.76. The van der Waals surface area contributed by atoms with Crippen LogP contribution < -0.4 is 0 Å². The third-order valence-corrected chi connectivity index (χ3v) is 6.10. The lowest BCUT2D eigenvalue weighted by Crippen LogP contribution is -2.37. The maximum Gasteiger partial charge on any atom is 0.223 e. The van der Waals surface area contributed by atoms with Crippen LogP contribution >= 0.6 is 0 Å². The first-order valence-electron chi connectivity index (χ1n) is 10.1. The molecule has 1 aliphatic heterocycles. The molecule has 1 aromatic rings. The van der Waals surface area contributed by atoms with Crippen LogP contribution in [0.4, 0.5) is 0 Å². The molecule has 2 fully saturated rings. The number of hydrogen-bond donors (Lipinski definition) is 0. The molecule has 0 bridgehead atoms. The number of aromatic nitrogens is 2. The molecule has 3 rings (SSSR count). The summed E-state index contributed by atoms with van der Waals surface area (Å²) in [5, 5.41) is 4.64. The molecular formula is C20H34N4O. The lowest BCUT2D eigenvalue weighted by molar-refractivity contribution is -0.131. The third kappa shape index (κ3) is 4.43.